The van der Waals surface area contributed by atoms with Crippen molar-refractivity contribution in [2.24, 2.45) is 0 Å². The molecule has 3 rings (SSSR count). The Morgan fingerprint density at radius 1 is 0.952 bits per heavy atom. The number of nitrogen functional groups attached to an aromatic ring is 1. The minimum atomic E-state index is 0.702. The third-order valence-corrected chi connectivity index (χ3v) is 3.67. The molecule has 3 aromatic rings. The van der Waals surface area contributed by atoms with Crippen molar-refractivity contribution in [3.8, 4) is 17.1 Å². The van der Waals surface area contributed by atoms with E-state index in [-0.39, 0.29) is 0 Å². The van der Waals surface area contributed by atoms with Crippen LogP contribution in [0.15, 0.2) is 36.4 Å². The molecule has 0 fully saturated rings. The number of anilines is 1. The lowest BCUT2D eigenvalue weighted by atomic mass is 10.0. The molecule has 0 aliphatic heterocycles. The van der Waals surface area contributed by atoms with Crippen LogP contribution in [0.25, 0.3) is 17.1 Å². The number of nitrogens with two attached hydrogens (primary N) is 1. The molecule has 0 unspecified atom stereocenters. The second kappa shape index (κ2) is 5.01. The first-order valence-electron chi connectivity index (χ1n) is 6.79. The summed E-state index contributed by atoms with van der Waals surface area (Å²) in [6.45, 7) is 6.08. The molecule has 1 aromatic heterocycles. The minimum Gasteiger partial charge on any atom is -0.398 e. The summed E-state index contributed by atoms with van der Waals surface area (Å²) >= 11 is 0. The number of benzene rings is 2. The quantitative estimate of drug-likeness (QED) is 0.732. The molecule has 5 heteroatoms. The van der Waals surface area contributed by atoms with Gasteiger partial charge < -0.3 is 5.73 Å². The monoisotopic (exact) mass is 279 g/mol. The number of nitrogens with zero attached hydrogens (tertiary/aromatic N) is 4. The molecule has 106 valence electrons. The fraction of sp³-hybridized carbons (Fsp3) is 0.188. The largest absolute Gasteiger partial charge is 0.398 e. The number of hydrogen-bond donors (Lipinski definition) is 1. The van der Waals surface area contributed by atoms with Crippen LogP contribution in [0.1, 0.15) is 16.7 Å². The molecule has 0 radical (unpaired) electrons. The second-order valence-electron chi connectivity index (χ2n) is 5.22. The van der Waals surface area contributed by atoms with Crippen molar-refractivity contribution in [2.45, 2.75) is 20.8 Å². The van der Waals surface area contributed by atoms with Crippen LogP contribution in [0.3, 0.4) is 0 Å². The van der Waals surface area contributed by atoms with Crippen molar-refractivity contribution in [3.63, 3.8) is 0 Å². The molecule has 2 aromatic carbocycles. The number of hydrogen-bond acceptors (Lipinski definition) is 4. The average Bonchev–Trinajstić information content (AvgIpc) is 2.92. The maximum atomic E-state index is 6.04. The Balaban J connectivity index is 2.21. The van der Waals surface area contributed by atoms with Gasteiger partial charge in [0, 0.05) is 11.3 Å². The average molecular weight is 279 g/mol. The maximum absolute atomic E-state index is 6.04. The molecule has 0 aliphatic rings. The molecular weight excluding hydrogens is 262 g/mol. The Bertz CT molecular complexity index is 804. The standard InChI is InChI=1S/C16H17N5/c1-10-6-4-5-7-15(10)21-16(18-19-20-21)13-9-14(17)12(3)8-11(13)2/h4-9H,17H2,1-3H3. The van der Waals surface area contributed by atoms with Crippen LogP contribution >= 0.6 is 0 Å². The van der Waals surface area contributed by atoms with Gasteiger partial charge in [0.1, 0.15) is 0 Å². The van der Waals surface area contributed by atoms with Crippen LogP contribution in [-0.2, 0) is 0 Å². The Labute approximate surface area is 123 Å². The van der Waals surface area contributed by atoms with Crippen molar-refractivity contribution in [3.05, 3.63) is 53.1 Å². The predicted molar refractivity (Wildman–Crippen MR) is 83.2 cm³/mol. The minimum absolute atomic E-state index is 0.702. The Kier molecular flexibility index (Phi) is 3.17. The van der Waals surface area contributed by atoms with E-state index >= 15 is 0 Å². The maximum Gasteiger partial charge on any atom is 0.187 e. The van der Waals surface area contributed by atoms with Crippen molar-refractivity contribution in [1.29, 1.82) is 0 Å². The summed E-state index contributed by atoms with van der Waals surface area (Å²) < 4.78 is 1.76. The van der Waals surface area contributed by atoms with E-state index in [1.54, 1.807) is 4.68 Å². The zero-order valence-corrected chi connectivity index (χ0v) is 12.3. The Morgan fingerprint density at radius 3 is 2.48 bits per heavy atom. The lowest BCUT2D eigenvalue weighted by Gasteiger charge is -2.11. The first kappa shape index (κ1) is 13.3. The van der Waals surface area contributed by atoms with E-state index in [9.17, 15) is 0 Å². The van der Waals surface area contributed by atoms with E-state index in [1.807, 2.05) is 51.1 Å². The highest BCUT2D eigenvalue weighted by molar-refractivity contribution is 5.68. The van der Waals surface area contributed by atoms with Gasteiger partial charge >= 0.3 is 0 Å². The Morgan fingerprint density at radius 2 is 1.71 bits per heavy atom. The molecule has 0 bridgehead atoms. The van der Waals surface area contributed by atoms with Crippen molar-refractivity contribution >= 4 is 5.69 Å². The van der Waals surface area contributed by atoms with Crippen LogP contribution < -0.4 is 5.73 Å². The van der Waals surface area contributed by atoms with Crippen LogP contribution in [0.4, 0.5) is 5.69 Å². The molecule has 0 aliphatic carbocycles. The lowest BCUT2D eigenvalue weighted by Crippen LogP contribution is -2.03. The van der Waals surface area contributed by atoms with Gasteiger partial charge in [-0.1, -0.05) is 24.3 Å². The molecule has 0 amide bonds. The van der Waals surface area contributed by atoms with Gasteiger partial charge in [0.25, 0.3) is 0 Å². The zero-order valence-electron chi connectivity index (χ0n) is 12.3. The highest BCUT2D eigenvalue weighted by Gasteiger charge is 2.15. The highest BCUT2D eigenvalue weighted by atomic mass is 15.5. The smallest absolute Gasteiger partial charge is 0.187 e. The predicted octanol–water partition coefficient (Wildman–Crippen LogP) is 2.84. The fourth-order valence-corrected chi connectivity index (χ4v) is 2.43. The van der Waals surface area contributed by atoms with Crippen molar-refractivity contribution in [1.82, 2.24) is 20.2 Å². The number of rotatable bonds is 2. The third kappa shape index (κ3) is 2.27. The van der Waals surface area contributed by atoms with Gasteiger partial charge in [-0.05, 0) is 60.0 Å². The number of aromatic nitrogens is 4. The lowest BCUT2D eigenvalue weighted by molar-refractivity contribution is 0.787. The fourth-order valence-electron chi connectivity index (χ4n) is 2.43. The molecular formula is C16H17N5. The van der Waals surface area contributed by atoms with Gasteiger partial charge in [0.2, 0.25) is 0 Å². The van der Waals surface area contributed by atoms with Crippen LogP contribution in [0, 0.1) is 20.8 Å². The first-order valence-corrected chi connectivity index (χ1v) is 6.79. The summed E-state index contributed by atoms with van der Waals surface area (Å²) in [4.78, 5) is 0. The van der Waals surface area contributed by atoms with E-state index in [0.717, 1.165) is 33.6 Å². The van der Waals surface area contributed by atoms with Crippen LogP contribution in [0.2, 0.25) is 0 Å². The molecule has 0 saturated carbocycles. The SMILES string of the molecule is Cc1cc(C)c(-c2nnnn2-c2ccccc2C)cc1N. The van der Waals surface area contributed by atoms with Crippen LogP contribution in [-0.4, -0.2) is 20.2 Å². The summed E-state index contributed by atoms with van der Waals surface area (Å²) in [6.07, 6.45) is 0. The van der Waals surface area contributed by atoms with Crippen molar-refractivity contribution in [2.75, 3.05) is 5.73 Å². The summed E-state index contributed by atoms with van der Waals surface area (Å²) in [5, 5.41) is 12.1. The molecule has 1 heterocycles. The van der Waals surface area contributed by atoms with Gasteiger partial charge in [-0.2, -0.15) is 4.68 Å². The van der Waals surface area contributed by atoms with E-state index in [0.29, 0.717) is 5.82 Å². The topological polar surface area (TPSA) is 69.6 Å². The normalized spacial score (nSPS) is 10.8. The Hall–Kier alpha value is -2.69. The summed E-state index contributed by atoms with van der Waals surface area (Å²) in [6, 6.07) is 12.0. The van der Waals surface area contributed by atoms with E-state index in [1.165, 1.54) is 0 Å². The first-order chi connectivity index (χ1) is 10.1. The van der Waals surface area contributed by atoms with Crippen LogP contribution in [0.5, 0.6) is 0 Å². The number of para-hydroxylation sites is 1. The molecule has 0 spiro atoms. The van der Waals surface area contributed by atoms with E-state index in [2.05, 4.69) is 21.6 Å². The summed E-state index contributed by atoms with van der Waals surface area (Å²) in [7, 11) is 0. The van der Waals surface area contributed by atoms with Crippen molar-refractivity contribution < 1.29 is 0 Å². The second-order valence-corrected chi connectivity index (χ2v) is 5.22. The van der Waals surface area contributed by atoms with Gasteiger partial charge in [0.15, 0.2) is 5.82 Å². The number of aryl methyl sites for hydroxylation is 3. The zero-order chi connectivity index (χ0) is 15.0. The third-order valence-electron chi connectivity index (χ3n) is 3.67. The van der Waals surface area contributed by atoms with Gasteiger partial charge in [0.05, 0.1) is 5.69 Å². The van der Waals surface area contributed by atoms with Gasteiger partial charge in [-0.25, -0.2) is 0 Å². The number of tetrazole rings is 1. The molecule has 2 N–H and O–H groups in total. The molecule has 0 saturated heterocycles. The summed E-state index contributed by atoms with van der Waals surface area (Å²) in [5.41, 5.74) is 12.0. The molecule has 0 atom stereocenters. The van der Waals surface area contributed by atoms with Gasteiger partial charge in [-0.3, -0.25) is 0 Å². The summed E-state index contributed by atoms with van der Waals surface area (Å²) in [5.74, 6) is 0.702. The van der Waals surface area contributed by atoms with E-state index in [4.69, 9.17) is 5.73 Å². The van der Waals surface area contributed by atoms with Gasteiger partial charge in [-0.15, -0.1) is 5.10 Å². The molecule has 21 heavy (non-hydrogen) atoms. The highest BCUT2D eigenvalue weighted by Crippen LogP contribution is 2.28. The van der Waals surface area contributed by atoms with E-state index < -0.39 is 0 Å². The molecule has 5 nitrogen and oxygen atoms in total.